The molecule has 7 rings (SSSR count). The minimum atomic E-state index is -0.572. The lowest BCUT2D eigenvalue weighted by Crippen LogP contribution is -2.38. The lowest BCUT2D eigenvalue weighted by atomic mass is 10.0. The quantitative estimate of drug-likeness (QED) is 0.309. The fourth-order valence-electron chi connectivity index (χ4n) is 6.16. The lowest BCUT2D eigenvalue weighted by Gasteiger charge is -2.29. The summed E-state index contributed by atoms with van der Waals surface area (Å²) in [7, 11) is 0. The van der Waals surface area contributed by atoms with Gasteiger partial charge < -0.3 is 30.0 Å². The zero-order chi connectivity index (χ0) is 28.1. The van der Waals surface area contributed by atoms with Gasteiger partial charge in [-0.05, 0) is 48.4 Å². The van der Waals surface area contributed by atoms with Crippen LogP contribution in [0.3, 0.4) is 0 Å². The van der Waals surface area contributed by atoms with Crippen LogP contribution < -0.4 is 26.1 Å². The maximum absolute atomic E-state index is 15.8. The van der Waals surface area contributed by atoms with Crippen molar-refractivity contribution < 1.29 is 18.7 Å². The van der Waals surface area contributed by atoms with Gasteiger partial charge in [-0.25, -0.2) is 4.39 Å². The fourth-order valence-corrected chi connectivity index (χ4v) is 6.16. The van der Waals surface area contributed by atoms with Crippen molar-refractivity contribution in [2.24, 2.45) is 5.73 Å². The second-order valence-electron chi connectivity index (χ2n) is 11.0. The van der Waals surface area contributed by atoms with Crippen LogP contribution in [0.2, 0.25) is 0 Å². The number of amides is 1. The molecule has 1 aromatic heterocycles. The molecule has 0 aliphatic carbocycles. The van der Waals surface area contributed by atoms with E-state index in [1.807, 2.05) is 41.3 Å². The van der Waals surface area contributed by atoms with Crippen molar-refractivity contribution in [3.63, 3.8) is 0 Å². The highest BCUT2D eigenvalue weighted by Crippen LogP contribution is 2.48. The van der Waals surface area contributed by atoms with Crippen LogP contribution in [-0.4, -0.2) is 73.9 Å². The van der Waals surface area contributed by atoms with Gasteiger partial charge in [0.25, 0.3) is 5.91 Å². The molecule has 3 aromatic carbocycles. The Balaban J connectivity index is 1.32. The highest BCUT2D eigenvalue weighted by atomic mass is 19.1. The van der Waals surface area contributed by atoms with Crippen molar-refractivity contribution in [1.82, 2.24) is 14.8 Å². The molecule has 212 valence electrons. The second-order valence-corrected chi connectivity index (χ2v) is 11.0. The molecule has 10 heteroatoms. The number of ether oxygens (including phenoxy) is 2. The highest BCUT2D eigenvalue weighted by Gasteiger charge is 2.33. The van der Waals surface area contributed by atoms with Crippen molar-refractivity contribution in [3.05, 3.63) is 70.3 Å². The van der Waals surface area contributed by atoms with Gasteiger partial charge in [-0.2, -0.15) is 0 Å². The van der Waals surface area contributed by atoms with Crippen molar-refractivity contribution in [1.29, 1.82) is 0 Å². The van der Waals surface area contributed by atoms with Crippen molar-refractivity contribution in [2.45, 2.75) is 18.9 Å². The van der Waals surface area contributed by atoms with E-state index in [0.29, 0.717) is 49.8 Å². The summed E-state index contributed by atoms with van der Waals surface area (Å²) in [5.41, 5.74) is 7.00. The lowest BCUT2D eigenvalue weighted by molar-refractivity contribution is 0.0374. The number of nitrogens with zero attached hydrogens (tertiary/aromatic N) is 3. The number of halogens is 1. The number of carbonyl (C=O) groups is 1. The molecule has 3 N–H and O–H groups in total. The molecule has 0 saturated carbocycles. The molecule has 4 heterocycles. The number of morpholine rings is 1. The first-order valence-electron chi connectivity index (χ1n) is 14.2. The summed E-state index contributed by atoms with van der Waals surface area (Å²) in [6.45, 7) is 5.50. The molecular formula is C31H32FN5O4. The molecule has 0 unspecified atom stereocenters. The van der Waals surface area contributed by atoms with Crippen LogP contribution in [0.1, 0.15) is 23.2 Å². The molecule has 0 spiro atoms. The van der Waals surface area contributed by atoms with Crippen LogP contribution in [0, 0.1) is 5.82 Å². The topological polar surface area (TPSA) is 102 Å². The average molecular weight is 558 g/mol. The summed E-state index contributed by atoms with van der Waals surface area (Å²) in [4.78, 5) is 31.2. The number of hydrogen-bond acceptors (Lipinski definition) is 7. The normalized spacial score (nSPS) is 18.5. The smallest absolute Gasteiger partial charge is 0.256 e. The summed E-state index contributed by atoms with van der Waals surface area (Å²) in [6, 6.07) is 12.9. The number of nitrogens with two attached hydrogens (primary N) is 1. The fraction of sp³-hybridized carbons (Fsp3) is 0.355. The van der Waals surface area contributed by atoms with E-state index in [-0.39, 0.29) is 28.4 Å². The molecule has 1 amide bonds. The maximum atomic E-state index is 15.8. The number of rotatable bonds is 6. The maximum Gasteiger partial charge on any atom is 0.256 e. The van der Waals surface area contributed by atoms with Crippen molar-refractivity contribution in [2.75, 3.05) is 57.4 Å². The molecular weight excluding hydrogens is 525 g/mol. The van der Waals surface area contributed by atoms with E-state index in [0.717, 1.165) is 43.2 Å². The molecule has 0 radical (unpaired) electrons. The first-order chi connectivity index (χ1) is 20.0. The highest BCUT2D eigenvalue weighted by molar-refractivity contribution is 6.02. The number of carbonyl (C=O) groups excluding carboxylic acids is 1. The molecule has 3 aliphatic rings. The average Bonchev–Trinajstić information content (AvgIpc) is 3.41. The zero-order valence-corrected chi connectivity index (χ0v) is 22.7. The number of pyridine rings is 1. The largest absolute Gasteiger partial charge is 0.451 e. The molecule has 1 atom stereocenters. The third kappa shape index (κ3) is 4.61. The van der Waals surface area contributed by atoms with Gasteiger partial charge in [0.1, 0.15) is 16.8 Å². The first kappa shape index (κ1) is 25.9. The van der Waals surface area contributed by atoms with E-state index in [2.05, 4.69) is 10.2 Å². The van der Waals surface area contributed by atoms with Crippen LogP contribution in [0.25, 0.3) is 27.4 Å². The van der Waals surface area contributed by atoms with Crippen LogP contribution >= 0.6 is 0 Å². The van der Waals surface area contributed by atoms with E-state index in [4.69, 9.17) is 15.2 Å². The van der Waals surface area contributed by atoms with Gasteiger partial charge in [-0.3, -0.25) is 14.5 Å². The Morgan fingerprint density at radius 3 is 2.63 bits per heavy atom. The van der Waals surface area contributed by atoms with Gasteiger partial charge in [0.05, 0.1) is 24.3 Å². The van der Waals surface area contributed by atoms with E-state index >= 15 is 4.39 Å². The number of nitrogens with one attached hydrogen (secondary N) is 1. The van der Waals surface area contributed by atoms with Crippen LogP contribution in [0.5, 0.6) is 11.5 Å². The van der Waals surface area contributed by atoms with Gasteiger partial charge in [0, 0.05) is 45.0 Å². The molecule has 3 aliphatic heterocycles. The Hall–Kier alpha value is -3.99. The van der Waals surface area contributed by atoms with E-state index in [1.54, 1.807) is 10.8 Å². The Labute approximate surface area is 236 Å². The summed E-state index contributed by atoms with van der Waals surface area (Å²) >= 11 is 0. The summed E-state index contributed by atoms with van der Waals surface area (Å²) in [6.07, 6.45) is 3.05. The summed E-state index contributed by atoms with van der Waals surface area (Å²) in [5.74, 6) is -0.259. The molecule has 4 aromatic rings. The number of aromatic nitrogens is 1. The van der Waals surface area contributed by atoms with Crippen LogP contribution in [0.15, 0.2) is 53.5 Å². The molecule has 2 fully saturated rings. The summed E-state index contributed by atoms with van der Waals surface area (Å²) in [5, 5.41) is 4.94. The summed E-state index contributed by atoms with van der Waals surface area (Å²) < 4.78 is 29.5. The second kappa shape index (κ2) is 10.4. The Kier molecular flexibility index (Phi) is 6.61. The molecule has 9 nitrogen and oxygen atoms in total. The van der Waals surface area contributed by atoms with Gasteiger partial charge in [0.2, 0.25) is 5.43 Å². The predicted molar refractivity (Wildman–Crippen MR) is 156 cm³/mol. The number of anilines is 1. The third-order valence-electron chi connectivity index (χ3n) is 8.30. The number of benzene rings is 3. The van der Waals surface area contributed by atoms with Gasteiger partial charge >= 0.3 is 0 Å². The monoisotopic (exact) mass is 557 g/mol. The predicted octanol–water partition coefficient (Wildman–Crippen LogP) is 3.38. The molecule has 41 heavy (non-hydrogen) atoms. The SMILES string of the molecule is N[C@@H]1CCN(c2c(F)cc3c(=O)c(C(=O)NCCCN4CCOCC4)cn4c3c2Oc2cc3ccccc3cc2-4)C1. The Morgan fingerprint density at radius 1 is 1.10 bits per heavy atom. The molecule has 2 saturated heterocycles. The number of fused-ring (bicyclic) bond motifs is 3. The van der Waals surface area contributed by atoms with Gasteiger partial charge in [-0.15, -0.1) is 0 Å². The van der Waals surface area contributed by atoms with Gasteiger partial charge in [-0.1, -0.05) is 24.3 Å². The van der Waals surface area contributed by atoms with Crippen molar-refractivity contribution in [3.8, 4) is 17.2 Å². The van der Waals surface area contributed by atoms with E-state index < -0.39 is 17.2 Å². The number of hydrogen-bond donors (Lipinski definition) is 2. The Morgan fingerprint density at radius 2 is 1.88 bits per heavy atom. The Bertz CT molecular complexity index is 1730. The van der Waals surface area contributed by atoms with Crippen LogP contribution in [0.4, 0.5) is 10.1 Å². The first-order valence-corrected chi connectivity index (χ1v) is 14.2. The minimum absolute atomic E-state index is 0.0359. The van der Waals surface area contributed by atoms with E-state index in [1.165, 1.54) is 6.07 Å². The zero-order valence-electron chi connectivity index (χ0n) is 22.7. The van der Waals surface area contributed by atoms with Gasteiger partial charge in [0.15, 0.2) is 17.3 Å². The third-order valence-corrected chi connectivity index (χ3v) is 8.30. The van der Waals surface area contributed by atoms with Crippen LogP contribution in [-0.2, 0) is 4.74 Å². The van der Waals surface area contributed by atoms with E-state index in [9.17, 15) is 9.59 Å². The molecule has 0 bridgehead atoms. The minimum Gasteiger partial charge on any atom is -0.451 e. The van der Waals surface area contributed by atoms with Crippen molar-refractivity contribution >= 4 is 33.3 Å². The standard InChI is InChI=1S/C31H32FN5O4/c32-24-16-22-27-30(28(24)36-9-6-21(33)17-36)41-26-15-20-5-2-1-4-19(20)14-25(26)37(27)18-23(29(22)38)31(39)34-7-3-8-35-10-12-40-13-11-35/h1-2,4-5,14-16,18,21H,3,6-13,17,33H2,(H,34,39)/t21-/m1/s1.